The minimum absolute atomic E-state index is 0.107. The molecule has 2 N–H and O–H groups in total. The summed E-state index contributed by atoms with van der Waals surface area (Å²) in [4.78, 5) is 57.2. The summed E-state index contributed by atoms with van der Waals surface area (Å²) >= 11 is 5.96. The first kappa shape index (κ1) is 27.3. The van der Waals surface area contributed by atoms with Crippen molar-refractivity contribution in [3.63, 3.8) is 0 Å². The summed E-state index contributed by atoms with van der Waals surface area (Å²) in [6.45, 7) is 1.42. The summed E-state index contributed by atoms with van der Waals surface area (Å²) in [5.41, 5.74) is 7.64. The third kappa shape index (κ3) is 5.87. The second kappa shape index (κ2) is 11.9. The summed E-state index contributed by atoms with van der Waals surface area (Å²) < 4.78 is 0. The number of nitrogens with two attached hydrogens (primary N) is 1. The van der Waals surface area contributed by atoms with E-state index in [2.05, 4.69) is 4.90 Å². The van der Waals surface area contributed by atoms with Gasteiger partial charge in [-0.25, -0.2) is 0 Å². The van der Waals surface area contributed by atoms with Gasteiger partial charge in [0.25, 0.3) is 11.8 Å². The quantitative estimate of drug-likeness (QED) is 0.509. The Hall–Kier alpha value is -3.23. The molecule has 2 aromatic rings. The van der Waals surface area contributed by atoms with Gasteiger partial charge in [0.2, 0.25) is 11.8 Å². The second-order valence-corrected chi connectivity index (χ2v) is 11.1. The van der Waals surface area contributed by atoms with E-state index < -0.39 is 11.9 Å². The van der Waals surface area contributed by atoms with E-state index in [-0.39, 0.29) is 42.8 Å². The maximum absolute atomic E-state index is 13.2. The van der Waals surface area contributed by atoms with Crippen LogP contribution in [0.1, 0.15) is 58.4 Å². The molecule has 9 heteroatoms. The number of hydrogen-bond donors (Lipinski definition) is 1. The van der Waals surface area contributed by atoms with Crippen molar-refractivity contribution < 1.29 is 19.2 Å². The Morgan fingerprint density at radius 2 is 1.59 bits per heavy atom. The molecule has 1 radical (unpaired) electrons. The first-order valence-electron chi connectivity index (χ1n) is 13.7. The Morgan fingerprint density at radius 1 is 0.949 bits per heavy atom. The zero-order valence-corrected chi connectivity index (χ0v) is 22.7. The number of benzene rings is 2. The minimum atomic E-state index is -0.791. The highest BCUT2D eigenvalue weighted by Crippen LogP contribution is 2.33. The molecule has 2 aromatic carbocycles. The fourth-order valence-electron chi connectivity index (χ4n) is 6.23. The van der Waals surface area contributed by atoms with E-state index in [4.69, 9.17) is 17.3 Å². The van der Waals surface area contributed by atoms with Gasteiger partial charge in [-0.1, -0.05) is 55.1 Å². The summed E-state index contributed by atoms with van der Waals surface area (Å²) in [6, 6.07) is 13.3. The summed E-state index contributed by atoms with van der Waals surface area (Å²) in [6.07, 6.45) is 7.37. The number of halogens is 1. The highest BCUT2D eigenvalue weighted by molar-refractivity contribution is 6.30. The summed E-state index contributed by atoms with van der Waals surface area (Å²) in [5, 5.41) is 0.628. The van der Waals surface area contributed by atoms with E-state index in [9.17, 15) is 19.2 Å². The molecule has 3 aliphatic rings. The number of rotatable bonds is 8. The van der Waals surface area contributed by atoms with Crippen LogP contribution in [0.2, 0.25) is 5.02 Å². The van der Waals surface area contributed by atoms with Crippen LogP contribution in [-0.4, -0.2) is 76.6 Å². The van der Waals surface area contributed by atoms with Gasteiger partial charge in [0.05, 0.1) is 17.5 Å². The lowest BCUT2D eigenvalue weighted by Gasteiger charge is -2.46. The molecule has 2 heterocycles. The SMILES string of the molecule is NC(=O)C1CN(C(CN2C(=O)c3ccccc3C2=O)C2CCCCC2)CCN1C(=O)[CH]Cc1ccc(Cl)cc1. The van der Waals surface area contributed by atoms with Crippen LogP contribution in [-0.2, 0) is 16.0 Å². The number of imide groups is 1. The average Bonchev–Trinajstić information content (AvgIpc) is 3.20. The highest BCUT2D eigenvalue weighted by Gasteiger charge is 2.43. The Kier molecular flexibility index (Phi) is 8.33. The van der Waals surface area contributed by atoms with Crippen LogP contribution in [0.4, 0.5) is 0 Å². The van der Waals surface area contributed by atoms with Gasteiger partial charge in [-0.15, -0.1) is 0 Å². The minimum Gasteiger partial charge on any atom is -0.368 e. The second-order valence-electron chi connectivity index (χ2n) is 10.7. The largest absolute Gasteiger partial charge is 0.368 e. The number of carbonyl (C=O) groups is 4. The topological polar surface area (TPSA) is 104 Å². The maximum Gasteiger partial charge on any atom is 0.261 e. The van der Waals surface area contributed by atoms with Crippen molar-refractivity contribution >= 4 is 35.2 Å². The van der Waals surface area contributed by atoms with Crippen molar-refractivity contribution in [3.8, 4) is 0 Å². The molecule has 2 fully saturated rings. The zero-order valence-electron chi connectivity index (χ0n) is 21.9. The normalized spacial score (nSPS) is 21.2. The molecule has 39 heavy (non-hydrogen) atoms. The van der Waals surface area contributed by atoms with Gasteiger partial charge in [-0.3, -0.25) is 29.0 Å². The van der Waals surface area contributed by atoms with Crippen LogP contribution < -0.4 is 5.73 Å². The van der Waals surface area contributed by atoms with Gasteiger partial charge in [0, 0.05) is 37.2 Å². The Labute approximate surface area is 234 Å². The third-order valence-electron chi connectivity index (χ3n) is 8.36. The summed E-state index contributed by atoms with van der Waals surface area (Å²) in [7, 11) is 0. The first-order valence-corrected chi connectivity index (χ1v) is 14.1. The van der Waals surface area contributed by atoms with Crippen LogP contribution in [0.3, 0.4) is 0 Å². The Bertz CT molecular complexity index is 1210. The van der Waals surface area contributed by atoms with Crippen LogP contribution in [0.15, 0.2) is 48.5 Å². The molecule has 8 nitrogen and oxygen atoms in total. The summed E-state index contributed by atoms with van der Waals surface area (Å²) in [5.74, 6) is -1.05. The van der Waals surface area contributed by atoms with Crippen molar-refractivity contribution in [1.82, 2.24) is 14.7 Å². The van der Waals surface area contributed by atoms with Crippen molar-refractivity contribution in [2.24, 2.45) is 11.7 Å². The fraction of sp³-hybridized carbons (Fsp3) is 0.433. The van der Waals surface area contributed by atoms with Crippen LogP contribution in [0.5, 0.6) is 0 Å². The predicted octanol–water partition coefficient (Wildman–Crippen LogP) is 3.33. The van der Waals surface area contributed by atoms with Crippen molar-refractivity contribution in [3.05, 3.63) is 76.7 Å². The average molecular weight is 550 g/mol. The van der Waals surface area contributed by atoms with E-state index in [1.54, 1.807) is 47.7 Å². The number of hydrogen-bond acceptors (Lipinski definition) is 5. The first-order chi connectivity index (χ1) is 18.8. The van der Waals surface area contributed by atoms with Gasteiger partial charge in [-0.2, -0.15) is 0 Å². The van der Waals surface area contributed by atoms with Crippen molar-refractivity contribution in [2.75, 3.05) is 26.2 Å². The third-order valence-corrected chi connectivity index (χ3v) is 8.61. The molecular formula is C30H34ClN4O4. The van der Waals surface area contributed by atoms with E-state index in [0.717, 1.165) is 31.2 Å². The molecule has 2 atom stereocenters. The molecule has 0 aromatic heterocycles. The molecule has 5 rings (SSSR count). The molecule has 2 unspecified atom stereocenters. The monoisotopic (exact) mass is 549 g/mol. The fourth-order valence-corrected chi connectivity index (χ4v) is 6.36. The van der Waals surface area contributed by atoms with Crippen LogP contribution in [0, 0.1) is 12.3 Å². The molecular weight excluding hydrogens is 516 g/mol. The Morgan fingerprint density at radius 3 is 2.21 bits per heavy atom. The molecule has 4 amide bonds. The number of fused-ring (bicyclic) bond motifs is 1. The van der Waals surface area contributed by atoms with Gasteiger partial charge >= 0.3 is 0 Å². The number of nitrogens with zero attached hydrogens (tertiary/aromatic N) is 3. The Balaban J connectivity index is 1.31. The molecule has 1 aliphatic carbocycles. The van der Waals surface area contributed by atoms with E-state index in [1.807, 2.05) is 12.1 Å². The number of carbonyl (C=O) groups excluding carboxylic acids is 4. The standard InChI is InChI=1S/C30H34ClN4O4/c31-22-13-10-20(11-14-22)12-15-27(36)34-17-16-33(18-26(34)28(32)37)25(21-6-2-1-3-7-21)19-35-29(38)23-8-4-5-9-24(23)30(35)39/h4-5,8-11,13-15,21,25-26H,1-3,6-7,12,16-19H2,(H2,32,37). The van der Waals surface area contributed by atoms with Gasteiger partial charge in [0.1, 0.15) is 6.04 Å². The predicted molar refractivity (Wildman–Crippen MR) is 148 cm³/mol. The maximum atomic E-state index is 13.2. The highest BCUT2D eigenvalue weighted by atomic mass is 35.5. The van der Waals surface area contributed by atoms with Crippen LogP contribution >= 0.6 is 11.6 Å². The number of amides is 4. The lowest BCUT2D eigenvalue weighted by Crippen LogP contribution is -2.64. The van der Waals surface area contributed by atoms with Gasteiger partial charge < -0.3 is 10.6 Å². The van der Waals surface area contributed by atoms with E-state index in [0.29, 0.717) is 35.7 Å². The zero-order chi connectivity index (χ0) is 27.5. The molecule has 0 spiro atoms. The number of piperazine rings is 1. The molecule has 205 valence electrons. The van der Waals surface area contributed by atoms with Crippen molar-refractivity contribution in [2.45, 2.75) is 50.6 Å². The van der Waals surface area contributed by atoms with Gasteiger partial charge in [-0.05, 0) is 55.0 Å². The molecule has 0 bridgehead atoms. The van der Waals surface area contributed by atoms with Crippen LogP contribution in [0.25, 0.3) is 0 Å². The number of primary amides is 1. The molecule has 1 saturated heterocycles. The molecule has 1 saturated carbocycles. The van der Waals surface area contributed by atoms with Gasteiger partial charge in [0.15, 0.2) is 0 Å². The lowest BCUT2D eigenvalue weighted by atomic mass is 9.82. The van der Waals surface area contributed by atoms with E-state index >= 15 is 0 Å². The molecule has 2 aliphatic heterocycles. The smallest absolute Gasteiger partial charge is 0.261 e. The van der Waals surface area contributed by atoms with Crippen molar-refractivity contribution in [1.29, 1.82) is 0 Å². The lowest BCUT2D eigenvalue weighted by molar-refractivity contribution is -0.141. The van der Waals surface area contributed by atoms with E-state index in [1.165, 1.54) is 11.3 Å².